The van der Waals surface area contributed by atoms with Gasteiger partial charge in [-0.3, -0.25) is 0 Å². The van der Waals surface area contributed by atoms with Crippen LogP contribution >= 0.6 is 0 Å². The Morgan fingerprint density at radius 3 is 2.16 bits per heavy atom. The Hall–Kier alpha value is -1.06. The lowest BCUT2D eigenvalue weighted by Crippen LogP contribution is -2.39. The zero-order chi connectivity index (χ0) is 18.4. The van der Waals surface area contributed by atoms with Crippen LogP contribution in [0.15, 0.2) is 24.3 Å². The molecule has 0 heterocycles. The summed E-state index contributed by atoms with van der Waals surface area (Å²) in [5.41, 5.74) is 7.49. The monoisotopic (exact) mass is 347 g/mol. The average Bonchev–Trinajstić information content (AvgIpc) is 2.53. The maximum absolute atomic E-state index is 6.43. The van der Waals surface area contributed by atoms with E-state index in [1.54, 1.807) is 0 Å². The first-order valence-electron chi connectivity index (χ1n) is 9.96. The molecular formula is C22H37NO2. The van der Waals surface area contributed by atoms with Crippen LogP contribution in [-0.2, 0) is 4.74 Å². The maximum Gasteiger partial charge on any atom is 0.197 e. The van der Waals surface area contributed by atoms with Crippen LogP contribution < -0.4 is 10.5 Å². The highest BCUT2D eigenvalue weighted by molar-refractivity contribution is 5.31. The number of hydrogen-bond acceptors (Lipinski definition) is 3. The van der Waals surface area contributed by atoms with Gasteiger partial charge in [0.2, 0.25) is 0 Å². The molecule has 1 aliphatic rings. The molecule has 0 spiro atoms. The number of ether oxygens (including phenoxy) is 2. The third-order valence-corrected chi connectivity index (χ3v) is 5.13. The molecule has 0 amide bonds. The van der Waals surface area contributed by atoms with Crippen molar-refractivity contribution in [1.29, 1.82) is 0 Å². The molecule has 1 aliphatic carbocycles. The van der Waals surface area contributed by atoms with Gasteiger partial charge in [-0.2, -0.15) is 0 Å². The van der Waals surface area contributed by atoms with E-state index < -0.39 is 0 Å². The van der Waals surface area contributed by atoms with Crippen molar-refractivity contribution < 1.29 is 9.47 Å². The molecular weight excluding hydrogens is 310 g/mol. The van der Waals surface area contributed by atoms with E-state index in [2.05, 4.69) is 52.0 Å². The number of nitrogens with two attached hydrogens (primary N) is 1. The van der Waals surface area contributed by atoms with Crippen molar-refractivity contribution in [1.82, 2.24) is 0 Å². The van der Waals surface area contributed by atoms with Crippen LogP contribution in [0.4, 0.5) is 0 Å². The molecule has 0 aromatic heterocycles. The van der Waals surface area contributed by atoms with Gasteiger partial charge in [0.1, 0.15) is 5.75 Å². The molecule has 1 aromatic carbocycles. The van der Waals surface area contributed by atoms with E-state index in [0.717, 1.165) is 25.0 Å². The van der Waals surface area contributed by atoms with Gasteiger partial charge in [0, 0.05) is 11.5 Å². The molecule has 25 heavy (non-hydrogen) atoms. The second kappa shape index (κ2) is 9.05. The van der Waals surface area contributed by atoms with Gasteiger partial charge < -0.3 is 15.2 Å². The summed E-state index contributed by atoms with van der Waals surface area (Å²) in [5.74, 6) is 1.83. The molecule has 0 bridgehead atoms. The Bertz CT molecular complexity index is 498. The molecule has 3 heteroatoms. The number of hydrogen-bond donors (Lipinski definition) is 1. The van der Waals surface area contributed by atoms with Crippen LogP contribution in [0.3, 0.4) is 0 Å². The van der Waals surface area contributed by atoms with Gasteiger partial charge in [-0.05, 0) is 63.6 Å². The van der Waals surface area contributed by atoms with Crippen molar-refractivity contribution >= 4 is 0 Å². The molecule has 0 saturated heterocycles. The van der Waals surface area contributed by atoms with Gasteiger partial charge in [0.15, 0.2) is 6.29 Å². The van der Waals surface area contributed by atoms with Crippen LogP contribution in [0.25, 0.3) is 0 Å². The molecule has 2 rings (SSSR count). The summed E-state index contributed by atoms with van der Waals surface area (Å²) in [4.78, 5) is 0. The molecule has 1 saturated carbocycles. The highest BCUT2D eigenvalue weighted by Crippen LogP contribution is 2.33. The Morgan fingerprint density at radius 1 is 1.04 bits per heavy atom. The minimum atomic E-state index is -0.232. The van der Waals surface area contributed by atoms with Crippen LogP contribution in [0.5, 0.6) is 5.75 Å². The van der Waals surface area contributed by atoms with Crippen LogP contribution in [0, 0.1) is 5.92 Å². The first-order valence-corrected chi connectivity index (χ1v) is 9.96. The molecule has 0 radical (unpaired) electrons. The van der Waals surface area contributed by atoms with Gasteiger partial charge in [-0.1, -0.05) is 45.2 Å². The largest absolute Gasteiger partial charge is 0.465 e. The molecule has 2 unspecified atom stereocenters. The van der Waals surface area contributed by atoms with Crippen molar-refractivity contribution in [2.75, 3.05) is 0 Å². The number of benzene rings is 1. The second-order valence-corrected chi connectivity index (χ2v) is 8.65. The highest BCUT2D eigenvalue weighted by atomic mass is 16.7. The fraction of sp³-hybridized carbons (Fsp3) is 0.727. The zero-order valence-corrected chi connectivity index (χ0v) is 16.8. The van der Waals surface area contributed by atoms with Gasteiger partial charge >= 0.3 is 0 Å². The first kappa shape index (κ1) is 20.3. The van der Waals surface area contributed by atoms with Crippen molar-refractivity contribution in [3.63, 3.8) is 0 Å². The Kier molecular flexibility index (Phi) is 7.33. The fourth-order valence-corrected chi connectivity index (χ4v) is 3.81. The molecule has 3 nitrogen and oxygen atoms in total. The molecule has 1 fully saturated rings. The Labute approximate surface area is 154 Å². The summed E-state index contributed by atoms with van der Waals surface area (Å²) in [6.07, 6.45) is 7.46. The lowest BCUT2D eigenvalue weighted by molar-refractivity contribution is -0.116. The molecule has 2 N–H and O–H groups in total. The van der Waals surface area contributed by atoms with E-state index in [1.165, 1.54) is 24.8 Å². The Balaban J connectivity index is 1.95. The quantitative estimate of drug-likeness (QED) is 0.620. The van der Waals surface area contributed by atoms with E-state index in [0.29, 0.717) is 17.9 Å². The van der Waals surface area contributed by atoms with Crippen LogP contribution in [0.1, 0.15) is 84.6 Å². The molecule has 142 valence electrons. The average molecular weight is 348 g/mol. The molecule has 1 aromatic rings. The smallest absolute Gasteiger partial charge is 0.197 e. The van der Waals surface area contributed by atoms with E-state index in [4.69, 9.17) is 15.2 Å². The maximum atomic E-state index is 6.43. The molecule has 0 aliphatic heterocycles. The van der Waals surface area contributed by atoms with Crippen molar-refractivity contribution in [3.8, 4) is 5.75 Å². The van der Waals surface area contributed by atoms with Crippen molar-refractivity contribution in [2.24, 2.45) is 11.7 Å². The third-order valence-electron chi connectivity index (χ3n) is 5.13. The second-order valence-electron chi connectivity index (χ2n) is 8.65. The highest BCUT2D eigenvalue weighted by Gasteiger charge is 2.27. The summed E-state index contributed by atoms with van der Waals surface area (Å²) < 4.78 is 12.0. The topological polar surface area (TPSA) is 44.5 Å². The van der Waals surface area contributed by atoms with E-state index in [9.17, 15) is 0 Å². The van der Waals surface area contributed by atoms with Crippen molar-refractivity contribution in [2.45, 2.75) is 97.0 Å². The lowest BCUT2D eigenvalue weighted by Gasteiger charge is -2.32. The number of rotatable bonds is 8. The fourth-order valence-electron chi connectivity index (χ4n) is 3.81. The van der Waals surface area contributed by atoms with E-state index in [1.807, 2.05) is 6.92 Å². The summed E-state index contributed by atoms with van der Waals surface area (Å²) >= 11 is 0. The normalized spacial score (nSPS) is 19.0. The minimum absolute atomic E-state index is 0.202. The van der Waals surface area contributed by atoms with E-state index in [-0.39, 0.29) is 11.8 Å². The van der Waals surface area contributed by atoms with Crippen LogP contribution in [-0.4, -0.2) is 17.9 Å². The van der Waals surface area contributed by atoms with Gasteiger partial charge in [-0.25, -0.2) is 0 Å². The lowest BCUT2D eigenvalue weighted by atomic mass is 9.77. The summed E-state index contributed by atoms with van der Waals surface area (Å²) in [7, 11) is 0. The minimum Gasteiger partial charge on any atom is -0.465 e. The van der Waals surface area contributed by atoms with Crippen LogP contribution in [0.2, 0.25) is 0 Å². The van der Waals surface area contributed by atoms with Gasteiger partial charge in [0.05, 0.1) is 6.10 Å². The summed E-state index contributed by atoms with van der Waals surface area (Å²) in [5, 5.41) is 0. The van der Waals surface area contributed by atoms with Crippen molar-refractivity contribution in [3.05, 3.63) is 29.8 Å². The van der Waals surface area contributed by atoms with E-state index >= 15 is 0 Å². The SMILES string of the molecule is CC(C)CC(c1ccc(OC(C)OC2CCCCC2)cc1)C(C)(C)N. The van der Waals surface area contributed by atoms with Gasteiger partial charge in [-0.15, -0.1) is 0 Å². The predicted molar refractivity (Wildman–Crippen MR) is 105 cm³/mol. The van der Waals surface area contributed by atoms with Gasteiger partial charge in [0.25, 0.3) is 0 Å². The molecule has 2 atom stereocenters. The predicted octanol–water partition coefficient (Wildman–Crippen LogP) is 5.63. The summed E-state index contributed by atoms with van der Waals surface area (Å²) in [6, 6.07) is 8.42. The first-order chi connectivity index (χ1) is 11.8. The standard InChI is InChI=1S/C22H37NO2/c1-16(2)15-21(22(4,5)23)18-11-13-20(14-12-18)25-17(3)24-19-9-7-6-8-10-19/h11-14,16-17,19,21H,6-10,15,23H2,1-5H3. The third kappa shape index (κ3) is 6.63. The zero-order valence-electron chi connectivity index (χ0n) is 16.8. The Morgan fingerprint density at radius 2 is 1.64 bits per heavy atom. The summed E-state index contributed by atoms with van der Waals surface area (Å²) in [6.45, 7) is 10.7.